The van der Waals surface area contributed by atoms with Crippen molar-refractivity contribution in [3.05, 3.63) is 12.1 Å². The molecule has 1 aliphatic carbocycles. The van der Waals surface area contributed by atoms with E-state index in [1.54, 1.807) is 12.1 Å². The second kappa shape index (κ2) is 6.20. The Balaban J connectivity index is 1.87. The average Bonchev–Trinajstić information content (AvgIpc) is 3.18. The number of pyridine rings is 1. The molecule has 1 saturated carbocycles. The molecule has 1 aromatic rings. The molecule has 1 aromatic heterocycles. The Hall–Kier alpha value is -1.98. The molecule has 6 nitrogen and oxygen atoms in total. The minimum atomic E-state index is -0.244. The molecule has 1 amide bonds. The summed E-state index contributed by atoms with van der Waals surface area (Å²) in [4.78, 5) is 16.1. The highest BCUT2D eigenvalue weighted by Crippen LogP contribution is 2.30. The number of hydrogen-bond acceptors (Lipinski definition) is 5. The van der Waals surface area contributed by atoms with Crippen LogP contribution >= 0.6 is 0 Å². The summed E-state index contributed by atoms with van der Waals surface area (Å²) >= 11 is 0. The Morgan fingerprint density at radius 2 is 2.14 bits per heavy atom. The molecule has 0 radical (unpaired) electrons. The third-order valence-corrected chi connectivity index (χ3v) is 2.99. The fourth-order valence-electron chi connectivity index (χ4n) is 1.78. The SMILES string of the molecule is CC(C)(C)NC(=O)CNc1ccc(N)c(OCC2CC2)n1. The van der Waals surface area contributed by atoms with Crippen molar-refractivity contribution < 1.29 is 9.53 Å². The smallest absolute Gasteiger partial charge is 0.239 e. The summed E-state index contributed by atoms with van der Waals surface area (Å²) in [5.74, 6) is 1.57. The van der Waals surface area contributed by atoms with Crippen LogP contribution in [-0.4, -0.2) is 29.6 Å². The van der Waals surface area contributed by atoms with Crippen LogP contribution in [0.3, 0.4) is 0 Å². The molecule has 0 atom stereocenters. The van der Waals surface area contributed by atoms with Gasteiger partial charge in [-0.15, -0.1) is 0 Å². The van der Waals surface area contributed by atoms with E-state index in [0.717, 1.165) is 0 Å². The summed E-state index contributed by atoms with van der Waals surface area (Å²) in [6.45, 7) is 6.64. The summed E-state index contributed by atoms with van der Waals surface area (Å²) in [5, 5.41) is 5.86. The quantitative estimate of drug-likeness (QED) is 0.743. The van der Waals surface area contributed by atoms with Crippen molar-refractivity contribution in [3.63, 3.8) is 0 Å². The summed E-state index contributed by atoms with van der Waals surface area (Å²) in [7, 11) is 0. The van der Waals surface area contributed by atoms with Crippen LogP contribution in [0, 0.1) is 5.92 Å². The van der Waals surface area contributed by atoms with Gasteiger partial charge in [-0.3, -0.25) is 4.79 Å². The van der Waals surface area contributed by atoms with E-state index in [1.165, 1.54) is 12.8 Å². The van der Waals surface area contributed by atoms with Gasteiger partial charge in [0.25, 0.3) is 0 Å². The fourth-order valence-corrected chi connectivity index (χ4v) is 1.78. The lowest BCUT2D eigenvalue weighted by atomic mass is 10.1. The predicted octanol–water partition coefficient (Wildman–Crippen LogP) is 1.78. The maximum Gasteiger partial charge on any atom is 0.239 e. The molecular formula is C15H24N4O2. The summed E-state index contributed by atoms with van der Waals surface area (Å²) in [6, 6.07) is 3.48. The van der Waals surface area contributed by atoms with Gasteiger partial charge in [-0.25, -0.2) is 0 Å². The molecule has 2 rings (SSSR count). The Labute approximate surface area is 125 Å². The van der Waals surface area contributed by atoms with Crippen molar-refractivity contribution in [1.29, 1.82) is 0 Å². The standard InChI is InChI=1S/C15H24N4O2/c1-15(2,3)19-13(20)8-17-12-7-6-11(16)14(18-12)21-9-10-4-5-10/h6-7,10H,4-5,8-9,16H2,1-3H3,(H,17,18)(H,19,20). The number of nitrogens with one attached hydrogen (secondary N) is 2. The van der Waals surface area contributed by atoms with Crippen LogP contribution in [0.5, 0.6) is 5.88 Å². The lowest BCUT2D eigenvalue weighted by Crippen LogP contribution is -2.43. The van der Waals surface area contributed by atoms with Crippen LogP contribution in [0.2, 0.25) is 0 Å². The zero-order valence-electron chi connectivity index (χ0n) is 12.9. The number of hydrogen-bond donors (Lipinski definition) is 3. The van der Waals surface area contributed by atoms with Crippen LogP contribution in [0.1, 0.15) is 33.6 Å². The first kappa shape index (κ1) is 15.4. The predicted molar refractivity (Wildman–Crippen MR) is 83.3 cm³/mol. The van der Waals surface area contributed by atoms with Gasteiger partial charge in [0, 0.05) is 5.54 Å². The topological polar surface area (TPSA) is 89.3 Å². The third-order valence-electron chi connectivity index (χ3n) is 2.99. The van der Waals surface area contributed by atoms with Crippen molar-refractivity contribution in [2.45, 2.75) is 39.2 Å². The first-order valence-corrected chi connectivity index (χ1v) is 7.28. The lowest BCUT2D eigenvalue weighted by Gasteiger charge is -2.20. The summed E-state index contributed by atoms with van der Waals surface area (Å²) < 4.78 is 5.61. The fraction of sp³-hybridized carbons (Fsp3) is 0.600. The molecule has 0 spiro atoms. The van der Waals surface area contributed by atoms with Crippen LogP contribution < -0.4 is 21.1 Å². The molecule has 0 unspecified atom stereocenters. The van der Waals surface area contributed by atoms with Gasteiger partial charge in [0.2, 0.25) is 11.8 Å². The number of rotatable bonds is 6. The van der Waals surface area contributed by atoms with Gasteiger partial charge in [0.1, 0.15) is 5.82 Å². The first-order chi connectivity index (χ1) is 9.83. The molecule has 0 aliphatic heterocycles. The second-order valence-electron chi connectivity index (χ2n) is 6.50. The molecule has 0 saturated heterocycles. The van der Waals surface area contributed by atoms with Gasteiger partial charge in [0.15, 0.2) is 0 Å². The van der Waals surface area contributed by atoms with E-state index in [4.69, 9.17) is 10.5 Å². The molecular weight excluding hydrogens is 268 g/mol. The van der Waals surface area contributed by atoms with Gasteiger partial charge in [-0.1, -0.05) is 0 Å². The van der Waals surface area contributed by atoms with E-state index in [2.05, 4.69) is 15.6 Å². The number of ether oxygens (including phenoxy) is 1. The molecule has 1 aliphatic rings. The van der Waals surface area contributed by atoms with Crippen LogP contribution in [0.15, 0.2) is 12.1 Å². The number of carbonyl (C=O) groups is 1. The normalized spacial score (nSPS) is 14.6. The lowest BCUT2D eigenvalue weighted by molar-refractivity contribution is -0.120. The van der Waals surface area contributed by atoms with Gasteiger partial charge < -0.3 is 21.1 Å². The van der Waals surface area contributed by atoms with Crippen LogP contribution in [0.4, 0.5) is 11.5 Å². The average molecular weight is 292 g/mol. The van der Waals surface area contributed by atoms with Gasteiger partial charge in [-0.05, 0) is 51.7 Å². The van der Waals surface area contributed by atoms with E-state index >= 15 is 0 Å². The second-order valence-corrected chi connectivity index (χ2v) is 6.50. The van der Waals surface area contributed by atoms with E-state index in [9.17, 15) is 4.79 Å². The highest BCUT2D eigenvalue weighted by atomic mass is 16.5. The van der Waals surface area contributed by atoms with E-state index in [-0.39, 0.29) is 18.0 Å². The number of nitrogen functional groups attached to an aromatic ring is 1. The van der Waals surface area contributed by atoms with E-state index in [0.29, 0.717) is 29.9 Å². The molecule has 116 valence electrons. The molecule has 6 heteroatoms. The highest BCUT2D eigenvalue weighted by molar-refractivity contribution is 5.81. The summed E-state index contributed by atoms with van der Waals surface area (Å²) in [6.07, 6.45) is 2.43. The molecule has 1 fully saturated rings. The maximum absolute atomic E-state index is 11.7. The molecule has 4 N–H and O–H groups in total. The van der Waals surface area contributed by atoms with Gasteiger partial charge >= 0.3 is 0 Å². The number of aromatic nitrogens is 1. The van der Waals surface area contributed by atoms with Crippen molar-refractivity contribution in [2.24, 2.45) is 5.92 Å². The van der Waals surface area contributed by atoms with Crippen molar-refractivity contribution in [3.8, 4) is 5.88 Å². The molecule has 1 heterocycles. The number of nitrogens with two attached hydrogens (primary N) is 1. The number of nitrogens with zero attached hydrogens (tertiary/aromatic N) is 1. The Bertz CT molecular complexity index is 507. The van der Waals surface area contributed by atoms with Gasteiger partial charge in [-0.2, -0.15) is 4.98 Å². The number of anilines is 2. The molecule has 0 bridgehead atoms. The largest absolute Gasteiger partial charge is 0.476 e. The highest BCUT2D eigenvalue weighted by Gasteiger charge is 2.22. The number of amides is 1. The monoisotopic (exact) mass is 292 g/mol. The van der Waals surface area contributed by atoms with Crippen LogP contribution in [0.25, 0.3) is 0 Å². The minimum absolute atomic E-state index is 0.0819. The number of carbonyl (C=O) groups excluding carboxylic acids is 1. The zero-order valence-corrected chi connectivity index (χ0v) is 12.9. The van der Waals surface area contributed by atoms with Gasteiger partial charge in [0.05, 0.1) is 18.8 Å². The zero-order chi connectivity index (χ0) is 15.5. The third kappa shape index (κ3) is 5.49. The van der Waals surface area contributed by atoms with Crippen molar-refractivity contribution in [1.82, 2.24) is 10.3 Å². The Morgan fingerprint density at radius 3 is 2.76 bits per heavy atom. The molecule has 21 heavy (non-hydrogen) atoms. The maximum atomic E-state index is 11.7. The van der Waals surface area contributed by atoms with E-state index in [1.807, 2.05) is 20.8 Å². The minimum Gasteiger partial charge on any atom is -0.476 e. The molecule has 0 aromatic carbocycles. The first-order valence-electron chi connectivity index (χ1n) is 7.28. The van der Waals surface area contributed by atoms with Crippen molar-refractivity contribution >= 4 is 17.4 Å². The Morgan fingerprint density at radius 1 is 1.43 bits per heavy atom. The Kier molecular flexibility index (Phi) is 4.55. The van der Waals surface area contributed by atoms with E-state index < -0.39 is 0 Å². The van der Waals surface area contributed by atoms with Crippen LogP contribution in [-0.2, 0) is 4.79 Å². The van der Waals surface area contributed by atoms with Crippen molar-refractivity contribution in [2.75, 3.05) is 24.2 Å². The summed E-state index contributed by atoms with van der Waals surface area (Å²) in [5.41, 5.74) is 6.11.